The molecule has 1 aliphatic heterocycles. The summed E-state index contributed by atoms with van der Waals surface area (Å²) in [5, 5.41) is 0. The third-order valence-electron chi connectivity index (χ3n) is 6.84. The molecule has 0 spiro atoms. The highest BCUT2D eigenvalue weighted by molar-refractivity contribution is 5.91. The molecule has 3 aromatic rings. The highest BCUT2D eigenvalue weighted by atomic mass is 16.7. The molecule has 47 heavy (non-hydrogen) atoms. The molecule has 1 saturated heterocycles. The zero-order chi connectivity index (χ0) is 33.2. The number of carbonyl (C=O) groups is 2. The van der Waals surface area contributed by atoms with E-state index in [0.29, 0.717) is 48.4 Å². The van der Waals surface area contributed by atoms with Crippen molar-refractivity contribution >= 4 is 11.9 Å². The molecule has 0 atom stereocenters. The zero-order valence-corrected chi connectivity index (χ0v) is 26.7. The van der Waals surface area contributed by atoms with Crippen molar-refractivity contribution in [3.8, 4) is 28.7 Å². The Kier molecular flexibility index (Phi) is 14.4. The van der Waals surface area contributed by atoms with Gasteiger partial charge in [0.2, 0.25) is 6.79 Å². The van der Waals surface area contributed by atoms with Crippen LogP contribution in [0.2, 0.25) is 0 Å². The minimum absolute atomic E-state index is 0.0101. The van der Waals surface area contributed by atoms with Crippen LogP contribution in [-0.2, 0) is 23.7 Å². The number of unbranched alkanes of at least 4 members (excludes halogenated alkanes) is 1. The predicted molar refractivity (Wildman–Crippen MR) is 172 cm³/mol. The van der Waals surface area contributed by atoms with E-state index in [1.54, 1.807) is 48.5 Å². The van der Waals surface area contributed by atoms with Gasteiger partial charge in [-0.2, -0.15) is 0 Å². The molecule has 252 valence electrons. The Morgan fingerprint density at radius 3 is 1.81 bits per heavy atom. The fraction of sp³-hybridized carbons (Fsp3) is 0.389. The van der Waals surface area contributed by atoms with E-state index in [-0.39, 0.29) is 25.4 Å². The smallest absolute Gasteiger partial charge is 0.343 e. The lowest BCUT2D eigenvalue weighted by molar-refractivity contribution is -0.139. The van der Waals surface area contributed by atoms with Crippen LogP contribution in [0.15, 0.2) is 85.5 Å². The Hall–Kier alpha value is -4.58. The number of hydrogen-bond acceptors (Lipinski definition) is 11. The maximum atomic E-state index is 12.6. The molecule has 1 aliphatic rings. The van der Waals surface area contributed by atoms with Crippen LogP contribution in [-0.4, -0.2) is 78.2 Å². The van der Waals surface area contributed by atoms with Crippen molar-refractivity contribution in [1.29, 1.82) is 0 Å². The molecular formula is C36H42O11. The van der Waals surface area contributed by atoms with Crippen molar-refractivity contribution in [2.24, 2.45) is 5.41 Å². The lowest BCUT2D eigenvalue weighted by Gasteiger charge is -2.37. The van der Waals surface area contributed by atoms with Crippen molar-refractivity contribution in [3.05, 3.63) is 91.0 Å². The van der Waals surface area contributed by atoms with E-state index in [1.807, 2.05) is 24.3 Å². The summed E-state index contributed by atoms with van der Waals surface area (Å²) in [6, 6.07) is 20.6. The van der Waals surface area contributed by atoms with Crippen LogP contribution in [0.4, 0.5) is 0 Å². The lowest BCUT2D eigenvalue weighted by atomic mass is 9.90. The van der Waals surface area contributed by atoms with Crippen LogP contribution < -0.4 is 23.7 Å². The summed E-state index contributed by atoms with van der Waals surface area (Å²) in [5.74, 6) is 1.95. The molecule has 0 aliphatic carbocycles. The summed E-state index contributed by atoms with van der Waals surface area (Å²) >= 11 is 0. The maximum absolute atomic E-state index is 12.6. The number of ether oxygens (including phenoxy) is 9. The van der Waals surface area contributed by atoms with Crippen LogP contribution >= 0.6 is 0 Å². The Balaban J connectivity index is 1.05. The normalized spacial score (nSPS) is 13.1. The zero-order valence-electron chi connectivity index (χ0n) is 26.7. The predicted octanol–water partition coefficient (Wildman–Crippen LogP) is 5.66. The minimum Gasteiger partial charge on any atom is -0.494 e. The summed E-state index contributed by atoms with van der Waals surface area (Å²) in [6.07, 6.45) is 2.96. The fourth-order valence-electron chi connectivity index (χ4n) is 4.18. The molecule has 0 aromatic heterocycles. The molecule has 11 nitrogen and oxygen atoms in total. The molecule has 0 radical (unpaired) electrons. The monoisotopic (exact) mass is 650 g/mol. The van der Waals surface area contributed by atoms with Crippen molar-refractivity contribution < 1.29 is 52.2 Å². The van der Waals surface area contributed by atoms with E-state index < -0.39 is 11.9 Å². The molecule has 3 aromatic carbocycles. The van der Waals surface area contributed by atoms with Crippen LogP contribution in [0.1, 0.15) is 30.1 Å². The van der Waals surface area contributed by atoms with Gasteiger partial charge in [0, 0.05) is 18.1 Å². The molecule has 4 rings (SSSR count). The third kappa shape index (κ3) is 13.0. The van der Waals surface area contributed by atoms with Crippen LogP contribution in [0.25, 0.3) is 0 Å². The third-order valence-corrected chi connectivity index (χ3v) is 6.84. The maximum Gasteiger partial charge on any atom is 0.343 e. The van der Waals surface area contributed by atoms with Crippen molar-refractivity contribution in [2.75, 3.05) is 66.3 Å². The van der Waals surface area contributed by atoms with Gasteiger partial charge in [0.1, 0.15) is 42.0 Å². The molecule has 11 heteroatoms. The molecule has 0 unspecified atom stereocenters. The fourth-order valence-corrected chi connectivity index (χ4v) is 4.18. The highest BCUT2D eigenvalue weighted by Gasteiger charge is 2.33. The van der Waals surface area contributed by atoms with Gasteiger partial charge in [0.25, 0.3) is 0 Å². The van der Waals surface area contributed by atoms with Gasteiger partial charge in [0.15, 0.2) is 0 Å². The highest BCUT2D eigenvalue weighted by Crippen LogP contribution is 2.26. The molecule has 1 fully saturated rings. The van der Waals surface area contributed by atoms with Gasteiger partial charge in [-0.1, -0.05) is 13.5 Å². The molecule has 0 N–H and O–H groups in total. The van der Waals surface area contributed by atoms with Gasteiger partial charge >= 0.3 is 11.9 Å². The Morgan fingerprint density at radius 2 is 1.21 bits per heavy atom. The average molecular weight is 651 g/mol. The van der Waals surface area contributed by atoms with E-state index in [2.05, 4.69) is 13.5 Å². The van der Waals surface area contributed by atoms with Gasteiger partial charge in [-0.3, -0.25) is 0 Å². The Bertz CT molecular complexity index is 1370. The van der Waals surface area contributed by atoms with E-state index >= 15 is 0 Å². The van der Waals surface area contributed by atoms with Crippen molar-refractivity contribution in [3.63, 3.8) is 0 Å². The van der Waals surface area contributed by atoms with E-state index in [1.165, 1.54) is 0 Å². The van der Waals surface area contributed by atoms with Gasteiger partial charge in [0.05, 0.1) is 45.2 Å². The minimum atomic E-state index is -0.503. The number of benzene rings is 3. The first-order valence-electron chi connectivity index (χ1n) is 15.5. The number of carbonyl (C=O) groups excluding carboxylic acids is 2. The van der Waals surface area contributed by atoms with Crippen molar-refractivity contribution in [2.45, 2.75) is 19.8 Å². The second-order valence-electron chi connectivity index (χ2n) is 11.0. The summed E-state index contributed by atoms with van der Waals surface area (Å²) in [7, 11) is 0. The standard InChI is InChI=1S/C36H42O11/c1-3-34(37)44-23-21-39-20-22-43-29-8-6-28(7-9-29)35(38)47-33-16-14-32(15-17-33)46-27-45-31-12-10-30(11-13-31)42-19-5-4-18-40-24-36(2)25-41-26-36/h3,6-17H,1,4-5,18-27H2,2H3. The second-order valence-corrected chi connectivity index (χ2v) is 11.0. The summed E-state index contributed by atoms with van der Waals surface area (Å²) in [6.45, 7) is 10.2. The topological polar surface area (TPSA) is 117 Å². The quantitative estimate of drug-likeness (QED) is 0.0441. The van der Waals surface area contributed by atoms with E-state index in [9.17, 15) is 9.59 Å². The Labute approximate surface area is 275 Å². The molecular weight excluding hydrogens is 608 g/mol. The van der Waals surface area contributed by atoms with Gasteiger partial charge in [-0.05, 0) is 85.6 Å². The average Bonchev–Trinajstić information content (AvgIpc) is 3.08. The van der Waals surface area contributed by atoms with Gasteiger partial charge in [-0.15, -0.1) is 0 Å². The molecule has 0 amide bonds. The first-order chi connectivity index (χ1) is 22.9. The SMILES string of the molecule is C=CC(=O)OCCOCCOc1ccc(C(=O)Oc2ccc(OCOc3ccc(OCCCCOCC4(C)COC4)cc3)cc2)cc1. The van der Waals surface area contributed by atoms with Gasteiger partial charge in [-0.25, -0.2) is 9.59 Å². The number of esters is 2. The largest absolute Gasteiger partial charge is 0.494 e. The second kappa shape index (κ2) is 19.2. The molecule has 0 bridgehead atoms. The molecule has 0 saturated carbocycles. The Morgan fingerprint density at radius 1 is 0.681 bits per heavy atom. The first kappa shape index (κ1) is 35.3. The lowest BCUT2D eigenvalue weighted by Crippen LogP contribution is -2.43. The number of hydrogen-bond donors (Lipinski definition) is 0. The van der Waals surface area contributed by atoms with Crippen LogP contribution in [0.5, 0.6) is 28.7 Å². The summed E-state index contributed by atoms with van der Waals surface area (Å²) < 4.78 is 49.3. The van der Waals surface area contributed by atoms with Gasteiger partial charge < -0.3 is 42.6 Å². The molecule has 1 heterocycles. The van der Waals surface area contributed by atoms with E-state index in [0.717, 1.165) is 51.1 Å². The van der Waals surface area contributed by atoms with E-state index in [4.69, 9.17) is 42.6 Å². The van der Waals surface area contributed by atoms with Crippen molar-refractivity contribution in [1.82, 2.24) is 0 Å². The van der Waals surface area contributed by atoms with Crippen LogP contribution in [0.3, 0.4) is 0 Å². The summed E-state index contributed by atoms with van der Waals surface area (Å²) in [5.41, 5.74) is 0.560. The van der Waals surface area contributed by atoms with Crippen LogP contribution in [0, 0.1) is 5.41 Å². The first-order valence-corrected chi connectivity index (χ1v) is 15.5. The summed E-state index contributed by atoms with van der Waals surface area (Å²) in [4.78, 5) is 23.5. The number of rotatable bonds is 22.